The molecule has 0 spiro atoms. The Labute approximate surface area is 99.5 Å². The summed E-state index contributed by atoms with van der Waals surface area (Å²) in [4.78, 5) is 0. The fourth-order valence-corrected chi connectivity index (χ4v) is 1.51. The van der Waals surface area contributed by atoms with E-state index in [9.17, 15) is 0 Å². The van der Waals surface area contributed by atoms with Gasteiger partial charge in [0.25, 0.3) is 0 Å². The van der Waals surface area contributed by atoms with E-state index >= 15 is 0 Å². The Morgan fingerprint density at radius 1 is 1.24 bits per heavy atom. The molecule has 1 aliphatic rings. The Morgan fingerprint density at radius 2 is 1.94 bits per heavy atom. The van der Waals surface area contributed by atoms with E-state index < -0.39 is 0 Å². The van der Waals surface area contributed by atoms with E-state index in [1.54, 1.807) is 19.2 Å². The largest absolute Gasteiger partial charge is 0.490 e. The van der Waals surface area contributed by atoms with Crippen LogP contribution >= 0.6 is 0 Å². The van der Waals surface area contributed by atoms with Gasteiger partial charge in [-0.1, -0.05) is 0 Å². The Bertz CT molecular complexity index is 439. The number of benzene rings is 1. The van der Waals surface area contributed by atoms with Crippen LogP contribution in [-0.2, 0) is 4.74 Å². The van der Waals surface area contributed by atoms with E-state index in [1.165, 1.54) is 0 Å². The van der Waals surface area contributed by atoms with Gasteiger partial charge in [-0.2, -0.15) is 5.26 Å². The number of hydrogen-bond acceptors (Lipinski definition) is 5. The molecule has 1 aliphatic heterocycles. The predicted molar refractivity (Wildman–Crippen MR) is 59.5 cm³/mol. The molecule has 17 heavy (non-hydrogen) atoms. The minimum atomic E-state index is 0.394. The van der Waals surface area contributed by atoms with Gasteiger partial charge in [-0.25, -0.2) is 0 Å². The summed E-state index contributed by atoms with van der Waals surface area (Å²) in [5.74, 6) is 1.70. The maximum absolute atomic E-state index is 9.02. The Hall–Kier alpha value is -1.93. The highest BCUT2D eigenvalue weighted by molar-refractivity contribution is 5.55. The third-order valence-corrected chi connectivity index (χ3v) is 2.31. The van der Waals surface area contributed by atoms with Gasteiger partial charge in [0.05, 0.1) is 12.2 Å². The van der Waals surface area contributed by atoms with Crippen LogP contribution in [0.2, 0.25) is 0 Å². The fraction of sp³-hybridized carbons (Fsp3) is 0.417. The van der Waals surface area contributed by atoms with Crippen molar-refractivity contribution in [3.8, 4) is 23.3 Å². The monoisotopic (exact) mass is 235 g/mol. The molecular weight excluding hydrogens is 222 g/mol. The smallest absolute Gasteiger partial charge is 0.165 e. The molecule has 1 aromatic rings. The van der Waals surface area contributed by atoms with Crippen molar-refractivity contribution in [1.29, 1.82) is 5.26 Å². The first-order chi connectivity index (χ1) is 8.35. The first-order valence-electron chi connectivity index (χ1n) is 5.30. The average molecular weight is 235 g/mol. The van der Waals surface area contributed by atoms with Crippen LogP contribution in [0.15, 0.2) is 12.1 Å². The number of nitrogens with zero attached hydrogens (tertiary/aromatic N) is 1. The summed E-state index contributed by atoms with van der Waals surface area (Å²) in [5, 5.41) is 9.02. The lowest BCUT2D eigenvalue weighted by molar-refractivity contribution is 0.144. The molecule has 2 rings (SSSR count). The van der Waals surface area contributed by atoms with Crippen LogP contribution in [-0.4, -0.2) is 33.5 Å². The summed E-state index contributed by atoms with van der Waals surface area (Å²) in [6.07, 6.45) is 0. The topological polar surface area (TPSA) is 60.7 Å². The molecule has 0 atom stereocenters. The van der Waals surface area contributed by atoms with Gasteiger partial charge in [-0.3, -0.25) is 0 Å². The molecule has 1 aromatic carbocycles. The second kappa shape index (κ2) is 5.41. The maximum Gasteiger partial charge on any atom is 0.165 e. The molecule has 90 valence electrons. The Kier molecular flexibility index (Phi) is 3.68. The molecule has 5 nitrogen and oxygen atoms in total. The third-order valence-electron chi connectivity index (χ3n) is 2.31. The van der Waals surface area contributed by atoms with E-state index in [-0.39, 0.29) is 0 Å². The number of hydrogen-bond donors (Lipinski definition) is 0. The molecule has 0 saturated carbocycles. The van der Waals surface area contributed by atoms with Crippen molar-refractivity contribution in [3.63, 3.8) is 0 Å². The SMILES string of the molecule is COCCOc1cc2c(cc1C#N)OCCO2. The highest BCUT2D eigenvalue weighted by Crippen LogP contribution is 2.36. The van der Waals surface area contributed by atoms with E-state index in [2.05, 4.69) is 6.07 Å². The van der Waals surface area contributed by atoms with Crippen LogP contribution < -0.4 is 14.2 Å². The van der Waals surface area contributed by atoms with Gasteiger partial charge in [0.15, 0.2) is 11.5 Å². The fourth-order valence-electron chi connectivity index (χ4n) is 1.51. The first-order valence-corrected chi connectivity index (χ1v) is 5.30. The lowest BCUT2D eigenvalue weighted by atomic mass is 10.2. The van der Waals surface area contributed by atoms with Crippen molar-refractivity contribution in [2.24, 2.45) is 0 Å². The van der Waals surface area contributed by atoms with Gasteiger partial charge in [0.2, 0.25) is 0 Å². The minimum absolute atomic E-state index is 0.394. The van der Waals surface area contributed by atoms with E-state index in [0.29, 0.717) is 49.2 Å². The summed E-state index contributed by atoms with van der Waals surface area (Å²) in [6, 6.07) is 5.39. The molecule has 0 N–H and O–H groups in total. The van der Waals surface area contributed by atoms with Gasteiger partial charge in [0.1, 0.15) is 31.6 Å². The van der Waals surface area contributed by atoms with Crippen LogP contribution in [0.5, 0.6) is 17.2 Å². The lowest BCUT2D eigenvalue weighted by Gasteiger charge is -2.19. The maximum atomic E-state index is 9.02. The highest BCUT2D eigenvalue weighted by atomic mass is 16.6. The van der Waals surface area contributed by atoms with Crippen molar-refractivity contribution < 1.29 is 18.9 Å². The number of nitriles is 1. The van der Waals surface area contributed by atoms with Crippen molar-refractivity contribution in [3.05, 3.63) is 17.7 Å². The molecule has 0 unspecified atom stereocenters. The molecule has 0 fully saturated rings. The molecule has 1 heterocycles. The zero-order valence-electron chi connectivity index (χ0n) is 9.56. The van der Waals surface area contributed by atoms with Gasteiger partial charge >= 0.3 is 0 Å². The van der Waals surface area contributed by atoms with Crippen LogP contribution in [0, 0.1) is 11.3 Å². The number of methoxy groups -OCH3 is 1. The minimum Gasteiger partial charge on any atom is -0.490 e. The Morgan fingerprint density at radius 3 is 2.59 bits per heavy atom. The first kappa shape index (κ1) is 11.6. The quantitative estimate of drug-likeness (QED) is 0.737. The molecular formula is C12H13NO4. The van der Waals surface area contributed by atoms with Crippen molar-refractivity contribution >= 4 is 0 Å². The van der Waals surface area contributed by atoms with Gasteiger partial charge in [0, 0.05) is 19.2 Å². The van der Waals surface area contributed by atoms with Crippen LogP contribution in [0.4, 0.5) is 0 Å². The molecule has 5 heteroatoms. The average Bonchev–Trinajstić information content (AvgIpc) is 2.38. The third kappa shape index (κ3) is 2.60. The molecule has 0 aliphatic carbocycles. The molecule has 0 amide bonds. The van der Waals surface area contributed by atoms with Crippen LogP contribution in [0.1, 0.15) is 5.56 Å². The summed E-state index contributed by atoms with van der Waals surface area (Å²) in [5.41, 5.74) is 0.436. The Balaban J connectivity index is 2.21. The predicted octanol–water partition coefficient (Wildman–Crippen LogP) is 1.35. The summed E-state index contributed by atoms with van der Waals surface area (Å²) in [7, 11) is 1.60. The second-order valence-electron chi connectivity index (χ2n) is 3.45. The standard InChI is InChI=1S/C12H13NO4/c1-14-2-3-15-10-7-12-11(6-9(10)8-13)16-4-5-17-12/h6-7H,2-5H2,1H3. The van der Waals surface area contributed by atoms with Crippen LogP contribution in [0.3, 0.4) is 0 Å². The van der Waals surface area contributed by atoms with E-state index in [1.807, 2.05) is 0 Å². The number of rotatable bonds is 4. The van der Waals surface area contributed by atoms with E-state index in [4.69, 9.17) is 24.2 Å². The zero-order chi connectivity index (χ0) is 12.1. The number of fused-ring (bicyclic) bond motifs is 1. The van der Waals surface area contributed by atoms with Crippen LogP contribution in [0.25, 0.3) is 0 Å². The summed E-state index contributed by atoms with van der Waals surface area (Å²) < 4.78 is 21.2. The number of ether oxygens (including phenoxy) is 4. The zero-order valence-corrected chi connectivity index (χ0v) is 9.56. The molecule has 0 bridgehead atoms. The molecule has 0 aromatic heterocycles. The van der Waals surface area contributed by atoms with E-state index in [0.717, 1.165) is 0 Å². The molecule has 0 radical (unpaired) electrons. The summed E-state index contributed by atoms with van der Waals surface area (Å²) >= 11 is 0. The lowest BCUT2D eigenvalue weighted by Crippen LogP contribution is -2.16. The van der Waals surface area contributed by atoms with Crippen molar-refractivity contribution in [2.45, 2.75) is 0 Å². The van der Waals surface area contributed by atoms with Crippen molar-refractivity contribution in [2.75, 3.05) is 33.5 Å². The van der Waals surface area contributed by atoms with Gasteiger partial charge in [-0.05, 0) is 0 Å². The van der Waals surface area contributed by atoms with Gasteiger partial charge in [-0.15, -0.1) is 0 Å². The van der Waals surface area contributed by atoms with Gasteiger partial charge < -0.3 is 18.9 Å². The second-order valence-corrected chi connectivity index (χ2v) is 3.45. The highest BCUT2D eigenvalue weighted by Gasteiger charge is 2.16. The summed E-state index contributed by atoms with van der Waals surface area (Å²) in [6.45, 7) is 1.88. The molecule has 0 saturated heterocycles. The van der Waals surface area contributed by atoms with Crippen molar-refractivity contribution in [1.82, 2.24) is 0 Å². The normalized spacial score (nSPS) is 12.9.